The van der Waals surface area contributed by atoms with Crippen LogP contribution in [0.25, 0.3) is 0 Å². The zero-order chi connectivity index (χ0) is 18.2. The standard InChI is InChI=1S/C21H34N4O.HI/c1-17-5-7-19(8-6-17)16-25-11-9-18(10-12-25)14-23-21(22-2)24-15-20-4-3-13-26-20;/h5-8,18,20H,3-4,9-16H2,1-2H3,(H2,22,23,24);1H. The van der Waals surface area contributed by atoms with E-state index in [1.807, 2.05) is 7.05 Å². The van der Waals surface area contributed by atoms with Crippen molar-refractivity contribution < 1.29 is 4.74 Å². The van der Waals surface area contributed by atoms with Crippen molar-refractivity contribution in [3.8, 4) is 0 Å². The number of hydrogen-bond acceptors (Lipinski definition) is 3. The highest BCUT2D eigenvalue weighted by atomic mass is 127. The number of halogens is 1. The second kappa shape index (κ2) is 11.9. The number of ether oxygens (including phenoxy) is 1. The molecular weight excluding hydrogens is 451 g/mol. The Labute approximate surface area is 181 Å². The molecule has 0 aromatic heterocycles. The molecule has 27 heavy (non-hydrogen) atoms. The molecular formula is C21H35IN4O. The molecule has 6 heteroatoms. The van der Waals surface area contributed by atoms with E-state index >= 15 is 0 Å². The van der Waals surface area contributed by atoms with E-state index in [1.54, 1.807) is 0 Å². The highest BCUT2D eigenvalue weighted by molar-refractivity contribution is 14.0. The summed E-state index contributed by atoms with van der Waals surface area (Å²) in [5.74, 6) is 1.63. The van der Waals surface area contributed by atoms with Gasteiger partial charge < -0.3 is 15.4 Å². The van der Waals surface area contributed by atoms with E-state index in [9.17, 15) is 0 Å². The van der Waals surface area contributed by atoms with Crippen molar-refractivity contribution in [1.82, 2.24) is 15.5 Å². The number of likely N-dealkylation sites (tertiary alicyclic amines) is 1. The fourth-order valence-corrected chi connectivity index (χ4v) is 3.78. The van der Waals surface area contributed by atoms with Gasteiger partial charge in [0.2, 0.25) is 0 Å². The molecule has 1 atom stereocenters. The van der Waals surface area contributed by atoms with Crippen LogP contribution < -0.4 is 10.6 Å². The lowest BCUT2D eigenvalue weighted by atomic mass is 9.96. The summed E-state index contributed by atoms with van der Waals surface area (Å²) in [5, 5.41) is 6.90. The van der Waals surface area contributed by atoms with Crippen LogP contribution in [0, 0.1) is 12.8 Å². The first-order valence-electron chi connectivity index (χ1n) is 10.1. The fraction of sp³-hybridized carbons (Fsp3) is 0.667. The van der Waals surface area contributed by atoms with Gasteiger partial charge in [-0.15, -0.1) is 24.0 Å². The van der Waals surface area contributed by atoms with Crippen molar-refractivity contribution in [2.75, 3.05) is 39.8 Å². The lowest BCUT2D eigenvalue weighted by Crippen LogP contribution is -2.44. The minimum Gasteiger partial charge on any atom is -0.376 e. The molecule has 2 saturated heterocycles. The minimum atomic E-state index is 0. The van der Waals surface area contributed by atoms with E-state index in [0.717, 1.165) is 44.5 Å². The summed E-state index contributed by atoms with van der Waals surface area (Å²) in [6.45, 7) is 8.35. The average Bonchev–Trinajstić information content (AvgIpc) is 3.18. The molecule has 1 unspecified atom stereocenters. The summed E-state index contributed by atoms with van der Waals surface area (Å²) in [4.78, 5) is 6.91. The van der Waals surface area contributed by atoms with Gasteiger partial charge in [0.15, 0.2) is 5.96 Å². The van der Waals surface area contributed by atoms with Crippen molar-refractivity contribution >= 4 is 29.9 Å². The minimum absolute atomic E-state index is 0. The van der Waals surface area contributed by atoms with Crippen LogP contribution in [-0.2, 0) is 11.3 Å². The van der Waals surface area contributed by atoms with E-state index < -0.39 is 0 Å². The SMILES string of the molecule is CN=C(NCC1CCN(Cc2ccc(C)cc2)CC1)NCC1CCCO1.I. The highest BCUT2D eigenvalue weighted by Gasteiger charge is 2.20. The number of benzene rings is 1. The van der Waals surface area contributed by atoms with Gasteiger partial charge in [-0.05, 0) is 57.2 Å². The summed E-state index contributed by atoms with van der Waals surface area (Å²) >= 11 is 0. The molecule has 0 saturated carbocycles. The first-order valence-corrected chi connectivity index (χ1v) is 10.1. The molecule has 0 amide bonds. The molecule has 0 spiro atoms. The van der Waals surface area contributed by atoms with Crippen molar-refractivity contribution in [2.24, 2.45) is 10.9 Å². The van der Waals surface area contributed by atoms with Crippen molar-refractivity contribution in [3.63, 3.8) is 0 Å². The van der Waals surface area contributed by atoms with Gasteiger partial charge in [-0.25, -0.2) is 0 Å². The number of rotatable bonds is 6. The third-order valence-corrected chi connectivity index (χ3v) is 5.54. The summed E-state index contributed by atoms with van der Waals surface area (Å²) < 4.78 is 5.66. The van der Waals surface area contributed by atoms with E-state index in [4.69, 9.17) is 4.74 Å². The summed E-state index contributed by atoms with van der Waals surface area (Å²) in [6, 6.07) is 8.93. The van der Waals surface area contributed by atoms with Gasteiger partial charge in [0.1, 0.15) is 0 Å². The summed E-state index contributed by atoms with van der Waals surface area (Å²) in [6.07, 6.45) is 5.19. The molecule has 152 valence electrons. The Balaban J connectivity index is 0.00000261. The van der Waals surface area contributed by atoms with E-state index in [1.165, 1.54) is 43.5 Å². The zero-order valence-electron chi connectivity index (χ0n) is 16.7. The van der Waals surface area contributed by atoms with Crippen LogP contribution in [0.4, 0.5) is 0 Å². The molecule has 0 radical (unpaired) electrons. The first-order chi connectivity index (χ1) is 12.7. The predicted octanol–water partition coefficient (Wildman–Crippen LogP) is 3.17. The molecule has 2 N–H and O–H groups in total. The third-order valence-electron chi connectivity index (χ3n) is 5.54. The molecule has 2 aliphatic heterocycles. The smallest absolute Gasteiger partial charge is 0.191 e. The molecule has 1 aromatic carbocycles. The van der Waals surface area contributed by atoms with Gasteiger partial charge in [-0.1, -0.05) is 29.8 Å². The second-order valence-electron chi connectivity index (χ2n) is 7.67. The largest absolute Gasteiger partial charge is 0.376 e. The Morgan fingerprint density at radius 3 is 2.44 bits per heavy atom. The lowest BCUT2D eigenvalue weighted by Gasteiger charge is -2.32. The van der Waals surface area contributed by atoms with Crippen LogP contribution in [0.15, 0.2) is 29.3 Å². The molecule has 2 fully saturated rings. The molecule has 3 rings (SSSR count). The molecule has 5 nitrogen and oxygen atoms in total. The van der Waals surface area contributed by atoms with Gasteiger partial charge in [-0.2, -0.15) is 0 Å². The quantitative estimate of drug-likeness (QED) is 0.369. The number of nitrogens with one attached hydrogen (secondary N) is 2. The van der Waals surface area contributed by atoms with Crippen LogP contribution in [0.2, 0.25) is 0 Å². The van der Waals surface area contributed by atoms with Crippen LogP contribution in [-0.4, -0.2) is 56.8 Å². The summed E-state index contributed by atoms with van der Waals surface area (Å²) in [7, 11) is 1.84. The molecule has 1 aromatic rings. The maximum atomic E-state index is 5.66. The van der Waals surface area contributed by atoms with Crippen LogP contribution in [0.3, 0.4) is 0 Å². The van der Waals surface area contributed by atoms with Gasteiger partial charge in [0.25, 0.3) is 0 Å². The average molecular weight is 486 g/mol. The summed E-state index contributed by atoms with van der Waals surface area (Å²) in [5.41, 5.74) is 2.76. The maximum Gasteiger partial charge on any atom is 0.191 e. The van der Waals surface area contributed by atoms with Crippen LogP contribution >= 0.6 is 24.0 Å². The normalized spacial score (nSPS) is 21.7. The molecule has 2 aliphatic rings. The predicted molar refractivity (Wildman–Crippen MR) is 123 cm³/mol. The van der Waals surface area contributed by atoms with Gasteiger partial charge in [0, 0.05) is 33.3 Å². The Morgan fingerprint density at radius 1 is 1.11 bits per heavy atom. The molecule has 0 bridgehead atoms. The Kier molecular flexibility index (Phi) is 9.86. The number of piperidine rings is 1. The van der Waals surface area contributed by atoms with Crippen LogP contribution in [0.1, 0.15) is 36.8 Å². The van der Waals surface area contributed by atoms with E-state index in [0.29, 0.717) is 6.10 Å². The molecule has 2 heterocycles. The Hall–Kier alpha value is -0.860. The second-order valence-corrected chi connectivity index (χ2v) is 7.67. The van der Waals surface area contributed by atoms with Crippen LogP contribution in [0.5, 0.6) is 0 Å². The van der Waals surface area contributed by atoms with Crippen molar-refractivity contribution in [1.29, 1.82) is 0 Å². The van der Waals surface area contributed by atoms with E-state index in [2.05, 4.69) is 51.7 Å². The first kappa shape index (κ1) is 22.4. The number of guanidine groups is 1. The lowest BCUT2D eigenvalue weighted by molar-refractivity contribution is 0.113. The number of aryl methyl sites for hydroxylation is 1. The number of aliphatic imine (C=N–C) groups is 1. The Bertz CT molecular complexity index is 564. The molecule has 0 aliphatic carbocycles. The zero-order valence-corrected chi connectivity index (χ0v) is 19.1. The van der Waals surface area contributed by atoms with Gasteiger partial charge in [-0.3, -0.25) is 9.89 Å². The third kappa shape index (κ3) is 7.58. The fourth-order valence-electron chi connectivity index (χ4n) is 3.78. The Morgan fingerprint density at radius 2 is 1.81 bits per heavy atom. The monoisotopic (exact) mass is 486 g/mol. The highest BCUT2D eigenvalue weighted by Crippen LogP contribution is 2.18. The number of hydrogen-bond donors (Lipinski definition) is 2. The van der Waals surface area contributed by atoms with Gasteiger partial charge >= 0.3 is 0 Å². The number of nitrogens with zero attached hydrogens (tertiary/aromatic N) is 2. The van der Waals surface area contributed by atoms with Crippen molar-refractivity contribution in [2.45, 2.75) is 45.3 Å². The van der Waals surface area contributed by atoms with Crippen molar-refractivity contribution in [3.05, 3.63) is 35.4 Å². The van der Waals surface area contributed by atoms with Gasteiger partial charge in [0.05, 0.1) is 6.10 Å². The maximum absolute atomic E-state index is 5.66. The topological polar surface area (TPSA) is 48.9 Å². The van der Waals surface area contributed by atoms with E-state index in [-0.39, 0.29) is 24.0 Å².